The van der Waals surface area contributed by atoms with E-state index >= 15 is 0 Å². The smallest absolute Gasteiger partial charge is 0.133 e. The van der Waals surface area contributed by atoms with E-state index in [0.717, 1.165) is 5.76 Å². The minimum absolute atomic E-state index is 0.0904. The van der Waals surface area contributed by atoms with Crippen molar-refractivity contribution >= 4 is 0 Å². The molecule has 1 saturated carbocycles. The molecule has 0 aliphatic heterocycles. The molecule has 14 heavy (non-hydrogen) atoms. The Kier molecular flexibility index (Phi) is 2.30. The summed E-state index contributed by atoms with van der Waals surface area (Å²) in [5.74, 6) is 2.69. The van der Waals surface area contributed by atoms with Crippen LogP contribution in [0.15, 0.2) is 16.5 Å². The minimum Gasteiger partial charge on any atom is -0.463 e. The largest absolute Gasteiger partial charge is 0.463 e. The van der Waals surface area contributed by atoms with Crippen molar-refractivity contribution in [2.24, 2.45) is 5.92 Å². The lowest BCUT2D eigenvalue weighted by Crippen LogP contribution is -1.92. The molecule has 0 aromatic carbocycles. The van der Waals surface area contributed by atoms with E-state index in [4.69, 9.17) is 9.68 Å². The van der Waals surface area contributed by atoms with Gasteiger partial charge in [0.05, 0.1) is 12.5 Å². The van der Waals surface area contributed by atoms with Crippen molar-refractivity contribution in [1.82, 2.24) is 0 Å². The van der Waals surface area contributed by atoms with Crippen LogP contribution < -0.4 is 0 Å². The number of aliphatic hydroxyl groups excluding tert-OH is 1. The molecule has 1 fully saturated rings. The first-order valence-corrected chi connectivity index (χ1v) is 4.87. The van der Waals surface area contributed by atoms with Gasteiger partial charge in [-0.05, 0) is 24.5 Å². The zero-order valence-electron chi connectivity index (χ0n) is 8.10. The highest BCUT2D eigenvalue weighted by molar-refractivity contribution is 5.18. The molecule has 74 valence electrons. The van der Waals surface area contributed by atoms with Crippen molar-refractivity contribution in [1.29, 1.82) is 5.26 Å². The lowest BCUT2D eigenvalue weighted by Gasteiger charge is -2.00. The van der Waals surface area contributed by atoms with Gasteiger partial charge in [-0.1, -0.05) is 6.92 Å². The van der Waals surface area contributed by atoms with Crippen molar-refractivity contribution in [2.45, 2.75) is 31.8 Å². The molecule has 0 spiro atoms. The summed E-state index contributed by atoms with van der Waals surface area (Å²) in [6.07, 6.45) is 0.483. The molecular weight excluding hydrogens is 178 g/mol. The van der Waals surface area contributed by atoms with E-state index in [1.54, 1.807) is 6.07 Å². The molecule has 3 nitrogen and oxygen atoms in total. The fourth-order valence-corrected chi connectivity index (χ4v) is 1.65. The first kappa shape index (κ1) is 9.29. The van der Waals surface area contributed by atoms with Crippen molar-refractivity contribution in [3.63, 3.8) is 0 Å². The van der Waals surface area contributed by atoms with Crippen LogP contribution in [0.4, 0.5) is 0 Å². The van der Waals surface area contributed by atoms with Crippen LogP contribution in [0.5, 0.6) is 0 Å². The quantitative estimate of drug-likeness (QED) is 0.797. The molecule has 3 heteroatoms. The van der Waals surface area contributed by atoms with Crippen molar-refractivity contribution in [3.8, 4) is 6.07 Å². The van der Waals surface area contributed by atoms with Crippen LogP contribution in [0, 0.1) is 17.2 Å². The van der Waals surface area contributed by atoms with Crippen LogP contribution in [0.25, 0.3) is 0 Å². The number of hydrogen-bond donors (Lipinski definition) is 1. The summed E-state index contributed by atoms with van der Waals surface area (Å²) in [5, 5.41) is 17.9. The molecule has 0 bridgehead atoms. The van der Waals surface area contributed by atoms with Gasteiger partial charge in [-0.25, -0.2) is 0 Å². The maximum absolute atomic E-state index is 9.49. The summed E-state index contributed by atoms with van der Waals surface area (Å²) in [7, 11) is 0. The molecule has 1 heterocycles. The number of aliphatic hydroxyl groups is 1. The first-order chi connectivity index (χ1) is 6.72. The second-order valence-corrected chi connectivity index (χ2v) is 3.94. The standard InChI is InChI=1S/C11H13NO2/c1-7-6-8(7)10-2-3-11(14-10)9(13)4-5-12/h2-3,7-9,13H,4,6H2,1H3. The summed E-state index contributed by atoms with van der Waals surface area (Å²) < 4.78 is 5.49. The molecular formula is C11H13NO2. The Morgan fingerprint density at radius 3 is 3.00 bits per heavy atom. The lowest BCUT2D eigenvalue weighted by molar-refractivity contribution is 0.152. The number of furan rings is 1. The van der Waals surface area contributed by atoms with Crippen LogP contribution in [-0.4, -0.2) is 5.11 Å². The topological polar surface area (TPSA) is 57.2 Å². The number of hydrogen-bond acceptors (Lipinski definition) is 3. The van der Waals surface area contributed by atoms with Gasteiger partial charge < -0.3 is 9.52 Å². The molecule has 1 N–H and O–H groups in total. The van der Waals surface area contributed by atoms with Crippen molar-refractivity contribution < 1.29 is 9.52 Å². The Labute approximate surface area is 83.0 Å². The Bertz CT molecular complexity index is 364. The van der Waals surface area contributed by atoms with E-state index in [9.17, 15) is 5.11 Å². The number of nitrogens with zero attached hydrogens (tertiary/aromatic N) is 1. The first-order valence-electron chi connectivity index (χ1n) is 4.87. The Balaban J connectivity index is 2.06. The molecule has 2 rings (SSSR count). The van der Waals surface area contributed by atoms with Gasteiger partial charge in [0.15, 0.2) is 0 Å². The molecule has 0 saturated heterocycles. The Morgan fingerprint density at radius 1 is 1.71 bits per heavy atom. The van der Waals surface area contributed by atoms with Crippen LogP contribution in [0.3, 0.4) is 0 Å². The molecule has 3 atom stereocenters. The van der Waals surface area contributed by atoms with E-state index in [0.29, 0.717) is 17.6 Å². The number of rotatable bonds is 3. The highest BCUT2D eigenvalue weighted by Crippen LogP contribution is 2.47. The predicted molar refractivity (Wildman–Crippen MR) is 50.4 cm³/mol. The van der Waals surface area contributed by atoms with Gasteiger partial charge in [-0.2, -0.15) is 5.26 Å². The fraction of sp³-hybridized carbons (Fsp3) is 0.545. The predicted octanol–water partition coefficient (Wildman–Crippen LogP) is 2.35. The minimum atomic E-state index is -0.775. The normalized spacial score (nSPS) is 26.9. The summed E-state index contributed by atoms with van der Waals surface area (Å²) in [4.78, 5) is 0. The molecule has 1 aliphatic carbocycles. The van der Waals surface area contributed by atoms with E-state index in [2.05, 4.69) is 6.92 Å². The highest BCUT2D eigenvalue weighted by atomic mass is 16.4. The van der Waals surface area contributed by atoms with Gasteiger partial charge in [-0.15, -0.1) is 0 Å². The molecule has 0 radical (unpaired) electrons. The number of nitriles is 1. The van der Waals surface area contributed by atoms with E-state index in [-0.39, 0.29) is 6.42 Å². The Hall–Kier alpha value is -1.27. The average molecular weight is 191 g/mol. The van der Waals surface area contributed by atoms with Gasteiger partial charge in [0.25, 0.3) is 0 Å². The molecule has 1 aromatic heterocycles. The summed E-state index contributed by atoms with van der Waals surface area (Å²) in [6.45, 7) is 2.18. The molecule has 1 aromatic rings. The van der Waals surface area contributed by atoms with Gasteiger partial charge in [0, 0.05) is 5.92 Å². The Morgan fingerprint density at radius 2 is 2.43 bits per heavy atom. The van der Waals surface area contributed by atoms with Crippen LogP contribution in [0.2, 0.25) is 0 Å². The SMILES string of the molecule is CC1CC1c1ccc(C(O)CC#N)o1. The zero-order valence-corrected chi connectivity index (χ0v) is 8.10. The maximum atomic E-state index is 9.49. The third-order valence-corrected chi connectivity index (χ3v) is 2.74. The molecule has 1 aliphatic rings. The average Bonchev–Trinajstić information content (AvgIpc) is 2.70. The van der Waals surface area contributed by atoms with Crippen molar-refractivity contribution in [2.75, 3.05) is 0 Å². The van der Waals surface area contributed by atoms with Crippen LogP contribution in [-0.2, 0) is 0 Å². The van der Waals surface area contributed by atoms with E-state index < -0.39 is 6.10 Å². The summed E-state index contributed by atoms with van der Waals surface area (Å²) in [6, 6.07) is 5.59. The molecule has 0 amide bonds. The summed E-state index contributed by atoms with van der Waals surface area (Å²) in [5.41, 5.74) is 0. The highest BCUT2D eigenvalue weighted by Gasteiger charge is 2.36. The second kappa shape index (κ2) is 3.47. The van der Waals surface area contributed by atoms with Crippen LogP contribution in [0.1, 0.15) is 43.3 Å². The van der Waals surface area contributed by atoms with Crippen molar-refractivity contribution in [3.05, 3.63) is 23.7 Å². The van der Waals surface area contributed by atoms with Gasteiger partial charge in [0.1, 0.15) is 17.6 Å². The zero-order chi connectivity index (χ0) is 10.1. The van der Waals surface area contributed by atoms with Gasteiger partial charge in [0.2, 0.25) is 0 Å². The molecule has 3 unspecified atom stereocenters. The van der Waals surface area contributed by atoms with Gasteiger partial charge in [-0.3, -0.25) is 0 Å². The third kappa shape index (κ3) is 1.66. The van der Waals surface area contributed by atoms with Gasteiger partial charge >= 0.3 is 0 Å². The van der Waals surface area contributed by atoms with E-state index in [1.807, 2.05) is 12.1 Å². The fourth-order valence-electron chi connectivity index (χ4n) is 1.65. The lowest BCUT2D eigenvalue weighted by atomic mass is 10.2. The summed E-state index contributed by atoms with van der Waals surface area (Å²) >= 11 is 0. The monoisotopic (exact) mass is 191 g/mol. The van der Waals surface area contributed by atoms with E-state index in [1.165, 1.54) is 6.42 Å². The second-order valence-electron chi connectivity index (χ2n) is 3.94. The third-order valence-electron chi connectivity index (χ3n) is 2.74. The maximum Gasteiger partial charge on any atom is 0.133 e. The van der Waals surface area contributed by atoms with Crippen LogP contribution >= 0.6 is 0 Å².